The van der Waals surface area contributed by atoms with Gasteiger partial charge in [0.25, 0.3) is 0 Å². The van der Waals surface area contributed by atoms with Gasteiger partial charge in [0.15, 0.2) is 5.75 Å². The lowest BCUT2D eigenvalue weighted by molar-refractivity contribution is 0.122. The van der Waals surface area contributed by atoms with Crippen molar-refractivity contribution < 1.29 is 9.47 Å². The minimum absolute atomic E-state index is 0.435. The second kappa shape index (κ2) is 8.74. The van der Waals surface area contributed by atoms with E-state index in [1.54, 1.807) is 7.11 Å². The number of hydrogen-bond donors (Lipinski definition) is 2. The van der Waals surface area contributed by atoms with Crippen LogP contribution in [0.2, 0.25) is 0 Å². The predicted molar refractivity (Wildman–Crippen MR) is 137 cm³/mol. The number of aryl methyl sites for hydroxylation is 1. The Bertz CT molecular complexity index is 1290. The molecule has 3 aliphatic rings. The number of aromatic nitrogens is 2. The predicted octanol–water partition coefficient (Wildman–Crippen LogP) is 3.45. The van der Waals surface area contributed by atoms with Crippen LogP contribution < -0.4 is 19.9 Å². The number of benzene rings is 2. The van der Waals surface area contributed by atoms with Crippen LogP contribution in [0.15, 0.2) is 24.4 Å². The van der Waals surface area contributed by atoms with Crippen molar-refractivity contribution in [1.29, 1.82) is 5.26 Å². The lowest BCUT2D eigenvalue weighted by atomic mass is 9.73. The standard InChI is InChI=1S/C27H32N6O2/c1-18-3-4-21-20(15-30-31-21)24(18)25-19(14-28)22(32-7-5-27(6-8-32)16-29-17-27)13-23(26(25)34-2)33-9-11-35-12-10-33/h3-4,13,15,29H,5-12,16-17H2,1-2H3,(H,30,31). The molecule has 35 heavy (non-hydrogen) atoms. The number of piperidine rings is 1. The molecule has 182 valence electrons. The first-order valence-corrected chi connectivity index (χ1v) is 12.5. The molecule has 3 saturated heterocycles. The van der Waals surface area contributed by atoms with Crippen LogP contribution in [0.4, 0.5) is 11.4 Å². The van der Waals surface area contributed by atoms with Crippen LogP contribution >= 0.6 is 0 Å². The summed E-state index contributed by atoms with van der Waals surface area (Å²) in [6.45, 7) is 9.19. The van der Waals surface area contributed by atoms with E-state index >= 15 is 0 Å². The molecule has 0 atom stereocenters. The zero-order valence-corrected chi connectivity index (χ0v) is 20.5. The highest BCUT2D eigenvalue weighted by Gasteiger charge is 2.40. The van der Waals surface area contributed by atoms with Gasteiger partial charge in [0.05, 0.1) is 49.0 Å². The molecular weight excluding hydrogens is 440 g/mol. The van der Waals surface area contributed by atoms with Crippen molar-refractivity contribution in [2.24, 2.45) is 5.41 Å². The lowest BCUT2D eigenvalue weighted by Gasteiger charge is -2.49. The minimum Gasteiger partial charge on any atom is -0.494 e. The van der Waals surface area contributed by atoms with Gasteiger partial charge < -0.3 is 24.6 Å². The summed E-state index contributed by atoms with van der Waals surface area (Å²) in [5.41, 5.74) is 7.08. The normalized spacial score (nSPS) is 19.6. The number of ether oxygens (including phenoxy) is 2. The summed E-state index contributed by atoms with van der Waals surface area (Å²) >= 11 is 0. The van der Waals surface area contributed by atoms with Crippen molar-refractivity contribution in [2.75, 3.05) is 69.4 Å². The van der Waals surface area contributed by atoms with E-state index in [0.717, 1.165) is 96.8 Å². The molecule has 8 heteroatoms. The molecule has 1 spiro atoms. The van der Waals surface area contributed by atoms with Crippen LogP contribution in [0.1, 0.15) is 24.0 Å². The number of hydrogen-bond acceptors (Lipinski definition) is 7. The highest BCUT2D eigenvalue weighted by molar-refractivity contribution is 6.02. The molecule has 0 unspecified atom stereocenters. The fraction of sp³-hybridized carbons (Fsp3) is 0.481. The molecule has 0 radical (unpaired) electrons. The molecule has 3 aliphatic heterocycles. The summed E-state index contributed by atoms with van der Waals surface area (Å²) < 4.78 is 11.8. The first-order valence-electron chi connectivity index (χ1n) is 12.5. The fourth-order valence-electron chi connectivity index (χ4n) is 6.00. The van der Waals surface area contributed by atoms with Gasteiger partial charge in [0, 0.05) is 55.8 Å². The molecule has 2 aromatic carbocycles. The average molecular weight is 473 g/mol. The monoisotopic (exact) mass is 472 g/mol. The van der Waals surface area contributed by atoms with Gasteiger partial charge in [-0.05, 0) is 42.9 Å². The Kier molecular flexibility index (Phi) is 5.54. The number of nitrogens with zero attached hydrogens (tertiary/aromatic N) is 4. The highest BCUT2D eigenvalue weighted by atomic mass is 16.5. The number of fused-ring (bicyclic) bond motifs is 1. The molecule has 3 aromatic rings. The zero-order chi connectivity index (χ0) is 24.0. The lowest BCUT2D eigenvalue weighted by Crippen LogP contribution is -2.58. The summed E-state index contributed by atoms with van der Waals surface area (Å²) in [5, 5.41) is 22.4. The molecule has 0 aliphatic carbocycles. The largest absolute Gasteiger partial charge is 0.494 e. The Morgan fingerprint density at radius 1 is 1.06 bits per heavy atom. The van der Waals surface area contributed by atoms with Gasteiger partial charge in [-0.25, -0.2) is 0 Å². The summed E-state index contributed by atoms with van der Waals surface area (Å²) in [6, 6.07) is 8.91. The average Bonchev–Trinajstić information content (AvgIpc) is 3.36. The Morgan fingerprint density at radius 3 is 2.46 bits per heavy atom. The Hall–Kier alpha value is -3.28. The van der Waals surface area contributed by atoms with Crippen molar-refractivity contribution in [3.05, 3.63) is 35.5 Å². The van der Waals surface area contributed by atoms with E-state index in [-0.39, 0.29) is 0 Å². The third kappa shape index (κ3) is 3.62. The molecule has 0 bridgehead atoms. The second-order valence-electron chi connectivity index (χ2n) is 10.1. The molecular formula is C27H32N6O2. The van der Waals surface area contributed by atoms with Gasteiger partial charge in [0.1, 0.15) is 6.07 Å². The molecule has 6 rings (SSSR count). The third-order valence-electron chi connectivity index (χ3n) is 8.15. The maximum atomic E-state index is 10.6. The summed E-state index contributed by atoms with van der Waals surface area (Å²) in [7, 11) is 1.71. The number of nitriles is 1. The third-order valence-corrected chi connectivity index (χ3v) is 8.15. The summed E-state index contributed by atoms with van der Waals surface area (Å²) in [6.07, 6.45) is 4.15. The maximum absolute atomic E-state index is 10.6. The molecule has 1 aromatic heterocycles. The number of aromatic amines is 1. The SMILES string of the molecule is COc1c(N2CCOCC2)cc(N2CCC3(CC2)CNC3)c(C#N)c1-c1c(C)ccc2[nH]ncc12. The summed E-state index contributed by atoms with van der Waals surface area (Å²) in [5.74, 6) is 0.751. The van der Waals surface area contributed by atoms with Gasteiger partial charge in [-0.15, -0.1) is 0 Å². The number of H-pyrrole nitrogens is 1. The second-order valence-corrected chi connectivity index (χ2v) is 10.1. The van der Waals surface area contributed by atoms with Gasteiger partial charge in [-0.2, -0.15) is 10.4 Å². The van der Waals surface area contributed by atoms with E-state index in [9.17, 15) is 5.26 Å². The zero-order valence-electron chi connectivity index (χ0n) is 20.5. The van der Waals surface area contributed by atoms with Crippen molar-refractivity contribution in [3.8, 4) is 22.9 Å². The first kappa shape index (κ1) is 22.2. The molecule has 0 saturated carbocycles. The number of anilines is 2. The first-order chi connectivity index (χ1) is 17.1. The quantitative estimate of drug-likeness (QED) is 0.601. The fourth-order valence-corrected chi connectivity index (χ4v) is 6.00. The van der Waals surface area contributed by atoms with Gasteiger partial charge in [-0.1, -0.05) is 6.07 Å². The Balaban J connectivity index is 1.57. The van der Waals surface area contributed by atoms with Crippen LogP contribution in [0.3, 0.4) is 0 Å². The van der Waals surface area contributed by atoms with Crippen LogP contribution in [-0.2, 0) is 4.74 Å². The summed E-state index contributed by atoms with van der Waals surface area (Å²) in [4.78, 5) is 4.75. The molecule has 8 nitrogen and oxygen atoms in total. The minimum atomic E-state index is 0.435. The van der Waals surface area contributed by atoms with E-state index in [0.29, 0.717) is 24.2 Å². The van der Waals surface area contributed by atoms with Crippen LogP contribution in [-0.4, -0.2) is 69.8 Å². The van der Waals surface area contributed by atoms with Crippen LogP contribution in [0, 0.1) is 23.7 Å². The van der Waals surface area contributed by atoms with E-state index in [1.807, 2.05) is 12.3 Å². The van der Waals surface area contributed by atoms with Crippen molar-refractivity contribution >= 4 is 22.3 Å². The van der Waals surface area contributed by atoms with Crippen LogP contribution in [0.25, 0.3) is 22.0 Å². The van der Waals surface area contributed by atoms with Crippen molar-refractivity contribution in [3.63, 3.8) is 0 Å². The maximum Gasteiger partial charge on any atom is 0.151 e. The highest BCUT2D eigenvalue weighted by Crippen LogP contribution is 2.49. The Morgan fingerprint density at radius 2 is 1.80 bits per heavy atom. The van der Waals surface area contributed by atoms with E-state index < -0.39 is 0 Å². The van der Waals surface area contributed by atoms with Crippen LogP contribution in [0.5, 0.6) is 5.75 Å². The van der Waals surface area contributed by atoms with Gasteiger partial charge >= 0.3 is 0 Å². The number of morpholine rings is 1. The number of rotatable bonds is 4. The van der Waals surface area contributed by atoms with Crippen molar-refractivity contribution in [2.45, 2.75) is 19.8 Å². The van der Waals surface area contributed by atoms with E-state index in [2.05, 4.69) is 50.4 Å². The molecule has 2 N–H and O–H groups in total. The van der Waals surface area contributed by atoms with Gasteiger partial charge in [-0.3, -0.25) is 5.10 Å². The molecule has 4 heterocycles. The van der Waals surface area contributed by atoms with Gasteiger partial charge in [0.2, 0.25) is 0 Å². The molecule has 0 amide bonds. The van der Waals surface area contributed by atoms with E-state index in [4.69, 9.17) is 9.47 Å². The topological polar surface area (TPSA) is 89.4 Å². The van der Waals surface area contributed by atoms with Crippen molar-refractivity contribution in [1.82, 2.24) is 15.5 Å². The van der Waals surface area contributed by atoms with E-state index in [1.165, 1.54) is 0 Å². The smallest absolute Gasteiger partial charge is 0.151 e. The number of nitrogens with one attached hydrogen (secondary N) is 2. The molecule has 3 fully saturated rings. The Labute approximate surface area is 205 Å². The number of methoxy groups -OCH3 is 1.